The lowest BCUT2D eigenvalue weighted by Gasteiger charge is -2.08. The van der Waals surface area contributed by atoms with Crippen LogP contribution in [0.2, 0.25) is 0 Å². The summed E-state index contributed by atoms with van der Waals surface area (Å²) >= 11 is 0. The second-order valence-electron chi connectivity index (χ2n) is 6.49. The summed E-state index contributed by atoms with van der Waals surface area (Å²) in [5, 5.41) is 6.29. The molecule has 2 heterocycles. The number of aromatic nitrogens is 1. The number of imide groups is 1. The number of amides is 3. The van der Waals surface area contributed by atoms with Gasteiger partial charge in [-0.3, -0.25) is 14.4 Å². The summed E-state index contributed by atoms with van der Waals surface area (Å²) in [4.78, 5) is 50.3. The van der Waals surface area contributed by atoms with Crippen LogP contribution in [-0.2, 0) is 9.53 Å². The molecular weight excluding hydrogens is 390 g/mol. The lowest BCUT2D eigenvalue weighted by molar-refractivity contribution is -0.119. The smallest absolute Gasteiger partial charge is 0.338 e. The van der Waals surface area contributed by atoms with Gasteiger partial charge in [0.05, 0.1) is 16.7 Å². The number of ether oxygens (including phenoxy) is 1. The fourth-order valence-electron chi connectivity index (χ4n) is 2.97. The van der Waals surface area contributed by atoms with Gasteiger partial charge < -0.3 is 14.6 Å². The van der Waals surface area contributed by atoms with Gasteiger partial charge >= 0.3 is 5.97 Å². The van der Waals surface area contributed by atoms with Crippen LogP contribution in [0.25, 0.3) is 0 Å². The molecule has 30 heavy (non-hydrogen) atoms. The van der Waals surface area contributed by atoms with Crippen molar-refractivity contribution in [2.75, 3.05) is 16.8 Å². The van der Waals surface area contributed by atoms with Crippen LogP contribution >= 0.6 is 0 Å². The fraction of sp³-hybridized carbons (Fsp3) is 0.0952. The summed E-state index contributed by atoms with van der Waals surface area (Å²) in [6, 6.07) is 14.2. The Morgan fingerprint density at radius 3 is 2.47 bits per heavy atom. The predicted molar refractivity (Wildman–Crippen MR) is 104 cm³/mol. The van der Waals surface area contributed by atoms with Crippen molar-refractivity contribution in [2.45, 2.75) is 6.92 Å². The van der Waals surface area contributed by atoms with Gasteiger partial charge in [-0.1, -0.05) is 23.4 Å². The highest BCUT2D eigenvalue weighted by Crippen LogP contribution is 2.28. The van der Waals surface area contributed by atoms with E-state index >= 15 is 0 Å². The number of esters is 1. The van der Waals surface area contributed by atoms with Crippen molar-refractivity contribution in [1.82, 2.24) is 5.16 Å². The molecule has 1 N–H and O–H groups in total. The Balaban J connectivity index is 1.45. The van der Waals surface area contributed by atoms with Gasteiger partial charge in [0, 0.05) is 11.8 Å². The Kier molecular flexibility index (Phi) is 4.85. The maximum atomic E-state index is 12.7. The van der Waals surface area contributed by atoms with Crippen LogP contribution in [0.5, 0.6) is 0 Å². The molecule has 0 saturated carbocycles. The van der Waals surface area contributed by atoms with Gasteiger partial charge in [-0.15, -0.1) is 0 Å². The Morgan fingerprint density at radius 2 is 1.77 bits per heavy atom. The largest absolute Gasteiger partial charge is 0.452 e. The number of anilines is 2. The molecule has 1 aliphatic heterocycles. The van der Waals surface area contributed by atoms with E-state index in [1.54, 1.807) is 37.3 Å². The minimum atomic E-state index is -0.794. The van der Waals surface area contributed by atoms with Gasteiger partial charge in [0.1, 0.15) is 5.76 Å². The summed E-state index contributed by atoms with van der Waals surface area (Å²) in [5.41, 5.74) is 0.798. The molecule has 0 unspecified atom stereocenters. The number of hydrogen-bond acceptors (Lipinski definition) is 7. The molecule has 150 valence electrons. The predicted octanol–water partition coefficient (Wildman–Crippen LogP) is 2.58. The second-order valence-corrected chi connectivity index (χ2v) is 6.49. The van der Waals surface area contributed by atoms with E-state index in [9.17, 15) is 19.2 Å². The average molecular weight is 405 g/mol. The monoisotopic (exact) mass is 405 g/mol. The van der Waals surface area contributed by atoms with Gasteiger partial charge in [-0.25, -0.2) is 9.69 Å². The fourth-order valence-corrected chi connectivity index (χ4v) is 2.97. The zero-order chi connectivity index (χ0) is 21.3. The summed E-state index contributed by atoms with van der Waals surface area (Å²) in [7, 11) is 0. The van der Waals surface area contributed by atoms with Gasteiger partial charge in [-0.2, -0.15) is 0 Å². The third-order valence-electron chi connectivity index (χ3n) is 4.36. The second kappa shape index (κ2) is 7.63. The third kappa shape index (κ3) is 3.55. The molecule has 0 aliphatic carbocycles. The number of para-hydroxylation sites is 1. The molecule has 0 saturated heterocycles. The molecule has 9 nitrogen and oxygen atoms in total. The van der Waals surface area contributed by atoms with Crippen molar-refractivity contribution in [3.8, 4) is 0 Å². The standard InChI is InChI=1S/C21H15N3O6/c1-12-9-17(23-30-12)24-19(26)15-8-7-13(10-16(15)20(24)27)21(28)29-11-18(25)22-14-5-3-2-4-6-14/h2-10H,11H2,1H3,(H,22,25). The third-order valence-corrected chi connectivity index (χ3v) is 4.36. The van der Waals surface area contributed by atoms with E-state index in [4.69, 9.17) is 9.26 Å². The number of aryl methyl sites for hydroxylation is 1. The van der Waals surface area contributed by atoms with E-state index in [-0.39, 0.29) is 22.5 Å². The molecule has 0 atom stereocenters. The van der Waals surface area contributed by atoms with Crippen LogP contribution in [0.4, 0.5) is 11.5 Å². The summed E-state index contributed by atoms with van der Waals surface area (Å²) < 4.78 is 9.93. The van der Waals surface area contributed by atoms with Gasteiger partial charge in [0.2, 0.25) is 0 Å². The summed E-state index contributed by atoms with van der Waals surface area (Å²) in [6.07, 6.45) is 0. The van der Waals surface area contributed by atoms with Gasteiger partial charge in [-0.05, 0) is 37.3 Å². The summed E-state index contributed by atoms with van der Waals surface area (Å²) in [6.45, 7) is 1.14. The van der Waals surface area contributed by atoms with Crippen molar-refractivity contribution in [3.05, 3.63) is 77.0 Å². The molecular formula is C21H15N3O6. The number of nitrogens with one attached hydrogen (secondary N) is 1. The van der Waals surface area contributed by atoms with Crippen LogP contribution in [0, 0.1) is 6.92 Å². The van der Waals surface area contributed by atoms with Crippen LogP contribution in [0.15, 0.2) is 59.1 Å². The maximum absolute atomic E-state index is 12.7. The maximum Gasteiger partial charge on any atom is 0.338 e. The molecule has 0 bridgehead atoms. The molecule has 4 rings (SSSR count). The molecule has 3 amide bonds. The number of benzene rings is 2. The van der Waals surface area contributed by atoms with E-state index in [0.29, 0.717) is 11.4 Å². The van der Waals surface area contributed by atoms with Crippen molar-refractivity contribution < 1.29 is 28.4 Å². The van der Waals surface area contributed by atoms with Crippen molar-refractivity contribution in [2.24, 2.45) is 0 Å². The Labute approximate surface area is 170 Å². The Hall–Kier alpha value is -4.27. The first kappa shape index (κ1) is 19.1. The topological polar surface area (TPSA) is 119 Å². The SMILES string of the molecule is Cc1cc(N2C(=O)c3ccc(C(=O)OCC(=O)Nc4ccccc4)cc3C2=O)no1. The first-order chi connectivity index (χ1) is 14.4. The summed E-state index contributed by atoms with van der Waals surface area (Å²) in [5.74, 6) is -1.98. The molecule has 2 aromatic carbocycles. The number of carbonyl (C=O) groups is 4. The zero-order valence-corrected chi connectivity index (χ0v) is 15.7. The first-order valence-corrected chi connectivity index (χ1v) is 8.92. The zero-order valence-electron chi connectivity index (χ0n) is 15.7. The number of fused-ring (bicyclic) bond motifs is 1. The highest BCUT2D eigenvalue weighted by atomic mass is 16.5. The van der Waals surface area contributed by atoms with Crippen LogP contribution < -0.4 is 10.2 Å². The van der Waals surface area contributed by atoms with E-state index in [0.717, 1.165) is 4.90 Å². The van der Waals surface area contributed by atoms with E-state index in [2.05, 4.69) is 10.5 Å². The minimum Gasteiger partial charge on any atom is -0.452 e. The van der Waals surface area contributed by atoms with Gasteiger partial charge in [0.15, 0.2) is 12.4 Å². The first-order valence-electron chi connectivity index (χ1n) is 8.92. The number of rotatable bonds is 5. The van der Waals surface area contributed by atoms with Crippen molar-refractivity contribution in [1.29, 1.82) is 0 Å². The average Bonchev–Trinajstić information content (AvgIpc) is 3.27. The Bertz CT molecular complexity index is 1170. The molecule has 1 aliphatic rings. The van der Waals surface area contributed by atoms with Gasteiger partial charge in [0.25, 0.3) is 17.7 Å². The Morgan fingerprint density at radius 1 is 1.03 bits per heavy atom. The molecule has 1 aromatic heterocycles. The van der Waals surface area contributed by atoms with Crippen molar-refractivity contribution in [3.63, 3.8) is 0 Å². The van der Waals surface area contributed by atoms with Crippen LogP contribution in [0.3, 0.4) is 0 Å². The lowest BCUT2D eigenvalue weighted by atomic mass is 10.1. The van der Waals surface area contributed by atoms with E-state index < -0.39 is 30.3 Å². The van der Waals surface area contributed by atoms with E-state index in [1.807, 2.05) is 0 Å². The minimum absolute atomic E-state index is 0.0422. The molecule has 0 spiro atoms. The number of carbonyl (C=O) groups excluding carboxylic acids is 4. The number of hydrogen-bond donors (Lipinski definition) is 1. The molecule has 9 heteroatoms. The molecule has 0 fully saturated rings. The molecule has 3 aromatic rings. The number of nitrogens with zero attached hydrogens (tertiary/aromatic N) is 2. The van der Waals surface area contributed by atoms with Crippen LogP contribution in [0.1, 0.15) is 36.8 Å². The quantitative estimate of drug-likeness (QED) is 0.512. The lowest BCUT2D eigenvalue weighted by Crippen LogP contribution is -2.29. The van der Waals surface area contributed by atoms with Crippen LogP contribution in [-0.4, -0.2) is 35.5 Å². The normalized spacial score (nSPS) is 12.6. The van der Waals surface area contributed by atoms with Crippen molar-refractivity contribution >= 4 is 35.2 Å². The molecule has 0 radical (unpaired) electrons. The van der Waals surface area contributed by atoms with E-state index in [1.165, 1.54) is 24.3 Å². The highest BCUT2D eigenvalue weighted by Gasteiger charge is 2.38. The highest BCUT2D eigenvalue weighted by molar-refractivity contribution is 6.34.